The molecule has 0 bridgehead atoms. The van der Waals surface area contributed by atoms with Crippen molar-refractivity contribution in [1.29, 1.82) is 0 Å². The second kappa shape index (κ2) is 8.50. The van der Waals surface area contributed by atoms with Crippen molar-refractivity contribution in [2.24, 2.45) is 0 Å². The fourth-order valence-electron chi connectivity index (χ4n) is 2.48. The Morgan fingerprint density at radius 1 is 0.542 bits per heavy atom. The van der Waals surface area contributed by atoms with Crippen molar-refractivity contribution in [3.63, 3.8) is 0 Å². The summed E-state index contributed by atoms with van der Waals surface area (Å²) in [4.78, 5) is 0. The van der Waals surface area contributed by atoms with Gasteiger partial charge in [-0.2, -0.15) is 0 Å². The van der Waals surface area contributed by atoms with E-state index in [2.05, 4.69) is 91.0 Å². The van der Waals surface area contributed by atoms with Gasteiger partial charge in [0.2, 0.25) is 0 Å². The minimum atomic E-state index is 1.19. The molecule has 0 radical (unpaired) electrons. The van der Waals surface area contributed by atoms with Crippen molar-refractivity contribution < 1.29 is 0 Å². The second-order valence-electron chi connectivity index (χ2n) is 5.51. The smallest absolute Gasteiger partial charge is 0.0178 e. The number of benzene rings is 3. The highest BCUT2D eigenvalue weighted by Crippen LogP contribution is 2.19. The van der Waals surface area contributed by atoms with Gasteiger partial charge in [-0.1, -0.05) is 115 Å². The first-order chi connectivity index (χ1) is 11.9. The van der Waals surface area contributed by atoms with Crippen LogP contribution in [0, 0.1) is 0 Å². The maximum absolute atomic E-state index is 2.21. The van der Waals surface area contributed by atoms with Gasteiger partial charge in [0.25, 0.3) is 0 Å². The molecule has 3 aromatic carbocycles. The first-order valence-electron chi connectivity index (χ1n) is 8.14. The van der Waals surface area contributed by atoms with Crippen molar-refractivity contribution in [2.75, 3.05) is 0 Å². The molecular weight excluding hydrogens is 288 g/mol. The molecule has 0 N–H and O–H groups in total. The molecule has 0 heterocycles. The van der Waals surface area contributed by atoms with E-state index in [1.54, 1.807) is 0 Å². The molecule has 0 aliphatic carbocycles. The third kappa shape index (κ3) is 4.69. The summed E-state index contributed by atoms with van der Waals surface area (Å²) < 4.78 is 0. The van der Waals surface area contributed by atoms with E-state index in [9.17, 15) is 0 Å². The van der Waals surface area contributed by atoms with Gasteiger partial charge in [-0.15, -0.1) is 0 Å². The summed E-state index contributed by atoms with van der Waals surface area (Å²) in [6.45, 7) is 0. The molecule has 116 valence electrons. The van der Waals surface area contributed by atoms with Gasteiger partial charge in [-0.25, -0.2) is 0 Å². The molecule has 0 atom stereocenters. The third-order valence-electron chi connectivity index (χ3n) is 3.70. The van der Waals surface area contributed by atoms with Gasteiger partial charge in [0.1, 0.15) is 0 Å². The molecule has 0 amide bonds. The Labute approximate surface area is 144 Å². The highest BCUT2D eigenvalue weighted by molar-refractivity contribution is 5.87. The average Bonchev–Trinajstić information content (AvgIpc) is 2.66. The van der Waals surface area contributed by atoms with Crippen molar-refractivity contribution in [1.82, 2.24) is 0 Å². The normalized spacial score (nSPS) is 12.1. The van der Waals surface area contributed by atoms with Crippen LogP contribution in [0.15, 0.2) is 109 Å². The van der Waals surface area contributed by atoms with Crippen LogP contribution in [0.5, 0.6) is 0 Å². The van der Waals surface area contributed by atoms with Crippen LogP contribution < -0.4 is 0 Å². The summed E-state index contributed by atoms with van der Waals surface area (Å²) in [5.41, 5.74) is 4.81. The lowest BCUT2D eigenvalue weighted by Crippen LogP contribution is -1.81. The van der Waals surface area contributed by atoms with Crippen LogP contribution in [-0.2, 0) is 0 Å². The van der Waals surface area contributed by atoms with E-state index >= 15 is 0 Å². The zero-order valence-electron chi connectivity index (χ0n) is 13.5. The first kappa shape index (κ1) is 15.8. The number of rotatable bonds is 5. The largest absolute Gasteiger partial charge is 0.0622 e. The van der Waals surface area contributed by atoms with Gasteiger partial charge in [0, 0.05) is 0 Å². The SMILES string of the molecule is C(=C/C(=C/c1ccccc1)c1ccccc1)/C=C/c1ccccc1. The molecule has 0 aliphatic rings. The molecule has 0 spiro atoms. The maximum Gasteiger partial charge on any atom is -0.0178 e. The quantitative estimate of drug-likeness (QED) is 0.373. The molecular formula is C24H20. The Morgan fingerprint density at radius 2 is 1.08 bits per heavy atom. The Balaban J connectivity index is 1.84. The van der Waals surface area contributed by atoms with Gasteiger partial charge in [0.05, 0.1) is 0 Å². The summed E-state index contributed by atoms with van der Waals surface area (Å²) in [7, 11) is 0. The molecule has 0 aliphatic heterocycles. The summed E-state index contributed by atoms with van der Waals surface area (Å²) in [6.07, 6.45) is 10.7. The van der Waals surface area contributed by atoms with Crippen LogP contribution in [-0.4, -0.2) is 0 Å². The van der Waals surface area contributed by atoms with E-state index in [1.807, 2.05) is 30.3 Å². The number of allylic oxidation sites excluding steroid dienone is 4. The van der Waals surface area contributed by atoms with E-state index in [0.29, 0.717) is 0 Å². The van der Waals surface area contributed by atoms with Crippen molar-refractivity contribution in [2.45, 2.75) is 0 Å². The van der Waals surface area contributed by atoms with Crippen molar-refractivity contribution in [3.8, 4) is 0 Å². The van der Waals surface area contributed by atoms with Crippen LogP contribution in [0.1, 0.15) is 16.7 Å². The molecule has 0 saturated carbocycles. The molecule has 0 nitrogen and oxygen atoms in total. The van der Waals surface area contributed by atoms with E-state index in [-0.39, 0.29) is 0 Å². The molecule has 0 fully saturated rings. The van der Waals surface area contributed by atoms with Gasteiger partial charge in [0.15, 0.2) is 0 Å². The molecule has 3 aromatic rings. The van der Waals surface area contributed by atoms with Crippen LogP contribution in [0.25, 0.3) is 17.7 Å². The van der Waals surface area contributed by atoms with Gasteiger partial charge in [-0.05, 0) is 28.3 Å². The van der Waals surface area contributed by atoms with Crippen molar-refractivity contribution >= 4 is 17.7 Å². The predicted molar refractivity (Wildman–Crippen MR) is 105 cm³/mol. The molecule has 0 saturated heterocycles. The Hall–Kier alpha value is -3.12. The van der Waals surface area contributed by atoms with Crippen LogP contribution >= 0.6 is 0 Å². The van der Waals surface area contributed by atoms with E-state index < -0.39 is 0 Å². The van der Waals surface area contributed by atoms with Crippen LogP contribution in [0.3, 0.4) is 0 Å². The molecule has 24 heavy (non-hydrogen) atoms. The van der Waals surface area contributed by atoms with Gasteiger partial charge >= 0.3 is 0 Å². The van der Waals surface area contributed by atoms with Gasteiger partial charge in [-0.3, -0.25) is 0 Å². The third-order valence-corrected chi connectivity index (χ3v) is 3.70. The molecule has 3 rings (SSSR count). The second-order valence-corrected chi connectivity index (χ2v) is 5.51. The molecule has 0 heteroatoms. The molecule has 0 unspecified atom stereocenters. The Morgan fingerprint density at radius 3 is 1.71 bits per heavy atom. The number of hydrogen-bond acceptors (Lipinski definition) is 0. The Bertz CT molecular complexity index is 823. The topological polar surface area (TPSA) is 0 Å². The predicted octanol–water partition coefficient (Wildman–Crippen LogP) is 6.50. The van der Waals surface area contributed by atoms with Crippen molar-refractivity contribution in [3.05, 3.63) is 126 Å². The lowest BCUT2D eigenvalue weighted by atomic mass is 10.0. The minimum Gasteiger partial charge on any atom is -0.0622 e. The summed E-state index contributed by atoms with van der Waals surface area (Å²) >= 11 is 0. The Kier molecular flexibility index (Phi) is 5.58. The first-order valence-corrected chi connectivity index (χ1v) is 8.14. The van der Waals surface area contributed by atoms with E-state index in [1.165, 1.54) is 22.3 Å². The zero-order chi connectivity index (χ0) is 16.5. The summed E-state index contributed by atoms with van der Waals surface area (Å²) in [5, 5.41) is 0. The zero-order valence-corrected chi connectivity index (χ0v) is 13.5. The summed E-state index contributed by atoms with van der Waals surface area (Å²) in [5.74, 6) is 0. The lowest BCUT2D eigenvalue weighted by molar-refractivity contribution is 1.61. The number of hydrogen-bond donors (Lipinski definition) is 0. The monoisotopic (exact) mass is 308 g/mol. The average molecular weight is 308 g/mol. The van der Waals surface area contributed by atoms with E-state index in [4.69, 9.17) is 0 Å². The fourth-order valence-corrected chi connectivity index (χ4v) is 2.48. The van der Waals surface area contributed by atoms with Gasteiger partial charge < -0.3 is 0 Å². The molecule has 0 aromatic heterocycles. The highest BCUT2D eigenvalue weighted by atomic mass is 14.0. The standard InChI is InChI=1S/C24H20/c1-4-12-21(13-5-1)14-10-11-19-24(23-17-8-3-9-18-23)20-22-15-6-2-7-16-22/h1-20H/b14-10+,19-11-,24-20-. The minimum absolute atomic E-state index is 1.19. The highest BCUT2D eigenvalue weighted by Gasteiger charge is 1.97. The van der Waals surface area contributed by atoms with Crippen LogP contribution in [0.2, 0.25) is 0 Å². The van der Waals surface area contributed by atoms with Crippen LogP contribution in [0.4, 0.5) is 0 Å². The van der Waals surface area contributed by atoms with E-state index in [0.717, 1.165) is 0 Å². The fraction of sp³-hybridized carbons (Fsp3) is 0. The maximum atomic E-state index is 2.21. The lowest BCUT2D eigenvalue weighted by Gasteiger charge is -2.03. The summed E-state index contributed by atoms with van der Waals surface area (Å²) in [6, 6.07) is 31.2.